The quantitative estimate of drug-likeness (QED) is 0.565. The van der Waals surface area contributed by atoms with Gasteiger partial charge in [-0.25, -0.2) is 0 Å². The van der Waals surface area contributed by atoms with Crippen molar-refractivity contribution in [2.45, 2.75) is 27.2 Å². The average molecular weight is 221 g/mol. The van der Waals surface area contributed by atoms with E-state index in [4.69, 9.17) is 9.57 Å². The lowest BCUT2D eigenvalue weighted by atomic mass is 10.0. The fourth-order valence-corrected chi connectivity index (χ4v) is 1.67. The summed E-state index contributed by atoms with van der Waals surface area (Å²) in [7, 11) is 1.69. The van der Waals surface area contributed by atoms with Gasteiger partial charge in [-0.2, -0.15) is 0 Å². The van der Waals surface area contributed by atoms with E-state index in [9.17, 15) is 0 Å². The summed E-state index contributed by atoms with van der Waals surface area (Å²) in [6.45, 7) is 6.56. The molecule has 0 N–H and O–H groups in total. The molecule has 1 rings (SSSR count). The van der Waals surface area contributed by atoms with E-state index in [2.05, 4.69) is 12.1 Å². The smallest absolute Gasteiger partial charge is 0.122 e. The van der Waals surface area contributed by atoms with Crippen molar-refractivity contribution in [3.8, 4) is 5.75 Å². The number of hydrogen-bond donors (Lipinski definition) is 0. The third kappa shape index (κ3) is 2.75. The van der Waals surface area contributed by atoms with Crippen molar-refractivity contribution in [1.82, 2.24) is 0 Å². The number of benzene rings is 1. The Morgan fingerprint density at radius 3 is 2.62 bits per heavy atom. The molecule has 0 saturated carbocycles. The molecule has 0 heterocycles. The van der Waals surface area contributed by atoms with E-state index in [0.29, 0.717) is 6.61 Å². The van der Waals surface area contributed by atoms with Crippen LogP contribution in [0.5, 0.6) is 5.75 Å². The second-order valence-electron chi connectivity index (χ2n) is 3.43. The summed E-state index contributed by atoms with van der Waals surface area (Å²) in [5.74, 6) is 0.908. The summed E-state index contributed by atoms with van der Waals surface area (Å²) >= 11 is 0. The maximum Gasteiger partial charge on any atom is 0.122 e. The molecule has 3 nitrogen and oxygen atoms in total. The Labute approximate surface area is 97.1 Å². The van der Waals surface area contributed by atoms with Crippen LogP contribution in [0.3, 0.4) is 0 Å². The van der Waals surface area contributed by atoms with Crippen molar-refractivity contribution < 1.29 is 9.57 Å². The first-order valence-corrected chi connectivity index (χ1v) is 5.57. The molecule has 3 heteroatoms. The van der Waals surface area contributed by atoms with Crippen LogP contribution in [0.4, 0.5) is 0 Å². The van der Waals surface area contributed by atoms with Crippen LogP contribution in [0, 0.1) is 0 Å². The zero-order chi connectivity index (χ0) is 12.0. The lowest BCUT2D eigenvalue weighted by molar-refractivity contribution is 0.159. The average Bonchev–Trinajstić information content (AvgIpc) is 2.34. The van der Waals surface area contributed by atoms with Crippen molar-refractivity contribution in [1.29, 1.82) is 0 Å². The van der Waals surface area contributed by atoms with Gasteiger partial charge in [0.05, 0.1) is 12.8 Å². The van der Waals surface area contributed by atoms with Crippen molar-refractivity contribution in [3.05, 3.63) is 29.3 Å². The highest BCUT2D eigenvalue weighted by Gasteiger charge is 2.09. The Balaban J connectivity index is 3.12. The zero-order valence-corrected chi connectivity index (χ0v) is 10.4. The highest BCUT2D eigenvalue weighted by Crippen LogP contribution is 2.23. The van der Waals surface area contributed by atoms with Gasteiger partial charge in [-0.15, -0.1) is 0 Å². The highest BCUT2D eigenvalue weighted by atomic mass is 16.6. The number of nitrogens with zero attached hydrogens (tertiary/aromatic N) is 1. The van der Waals surface area contributed by atoms with E-state index in [1.807, 2.05) is 32.0 Å². The van der Waals surface area contributed by atoms with Gasteiger partial charge in [0.1, 0.15) is 12.4 Å². The SMILES string of the molecule is CCO/N=C(\C)c1cccc(OC)c1CC. The third-order valence-electron chi connectivity index (χ3n) is 2.43. The van der Waals surface area contributed by atoms with E-state index in [1.54, 1.807) is 7.11 Å². The number of ether oxygens (including phenoxy) is 1. The predicted octanol–water partition coefficient (Wildman–Crippen LogP) is 3.02. The molecule has 0 unspecified atom stereocenters. The summed E-state index contributed by atoms with van der Waals surface area (Å²) in [6, 6.07) is 5.98. The molecule has 16 heavy (non-hydrogen) atoms. The molecule has 0 atom stereocenters. The predicted molar refractivity (Wildman–Crippen MR) is 66.2 cm³/mol. The van der Waals surface area contributed by atoms with Gasteiger partial charge in [-0.05, 0) is 26.3 Å². The van der Waals surface area contributed by atoms with Crippen LogP contribution in [0.15, 0.2) is 23.4 Å². The van der Waals surface area contributed by atoms with E-state index in [1.165, 1.54) is 5.56 Å². The highest BCUT2D eigenvalue weighted by molar-refractivity contribution is 6.00. The summed E-state index contributed by atoms with van der Waals surface area (Å²) < 4.78 is 5.34. The second-order valence-corrected chi connectivity index (χ2v) is 3.43. The van der Waals surface area contributed by atoms with E-state index < -0.39 is 0 Å². The molecule has 0 aromatic heterocycles. The Hall–Kier alpha value is -1.51. The molecule has 88 valence electrons. The first-order chi connectivity index (χ1) is 7.74. The van der Waals surface area contributed by atoms with Crippen molar-refractivity contribution in [2.24, 2.45) is 5.16 Å². The first kappa shape index (κ1) is 12.6. The minimum absolute atomic E-state index is 0.586. The normalized spacial score (nSPS) is 11.4. The molecule has 0 fully saturated rings. The Kier molecular flexibility index (Phi) is 4.83. The third-order valence-corrected chi connectivity index (χ3v) is 2.43. The Bertz CT molecular complexity index is 372. The fraction of sp³-hybridized carbons (Fsp3) is 0.462. The monoisotopic (exact) mass is 221 g/mol. The number of methoxy groups -OCH3 is 1. The molecule has 0 spiro atoms. The van der Waals surface area contributed by atoms with Gasteiger partial charge in [-0.1, -0.05) is 24.2 Å². The summed E-state index contributed by atoms with van der Waals surface area (Å²) in [4.78, 5) is 5.07. The molecular weight excluding hydrogens is 202 g/mol. The van der Waals surface area contributed by atoms with Crippen LogP contribution in [-0.4, -0.2) is 19.4 Å². The largest absolute Gasteiger partial charge is 0.496 e. The number of oxime groups is 1. The fourth-order valence-electron chi connectivity index (χ4n) is 1.67. The second kappa shape index (κ2) is 6.16. The van der Waals surface area contributed by atoms with Gasteiger partial charge in [0.25, 0.3) is 0 Å². The molecule has 0 bridgehead atoms. The Morgan fingerprint density at radius 2 is 2.06 bits per heavy atom. The molecule has 0 aliphatic rings. The first-order valence-electron chi connectivity index (χ1n) is 5.57. The molecule has 1 aromatic rings. The molecule has 1 aromatic carbocycles. The molecule has 0 aliphatic carbocycles. The Morgan fingerprint density at radius 1 is 1.31 bits per heavy atom. The summed E-state index contributed by atoms with van der Waals surface area (Å²) in [5.41, 5.74) is 3.15. The van der Waals surface area contributed by atoms with Crippen molar-refractivity contribution >= 4 is 5.71 Å². The molecule has 0 saturated heterocycles. The van der Waals surface area contributed by atoms with Crippen molar-refractivity contribution in [3.63, 3.8) is 0 Å². The lowest BCUT2D eigenvalue weighted by Gasteiger charge is -2.11. The van der Waals surface area contributed by atoms with Gasteiger partial charge in [0.15, 0.2) is 0 Å². The van der Waals surface area contributed by atoms with Crippen molar-refractivity contribution in [2.75, 3.05) is 13.7 Å². The minimum atomic E-state index is 0.586. The van der Waals surface area contributed by atoms with Gasteiger partial charge in [0.2, 0.25) is 0 Å². The maximum atomic E-state index is 5.34. The maximum absolute atomic E-state index is 5.34. The number of hydrogen-bond acceptors (Lipinski definition) is 3. The van der Waals surface area contributed by atoms with Crippen LogP contribution in [0.1, 0.15) is 31.9 Å². The van der Waals surface area contributed by atoms with E-state index >= 15 is 0 Å². The van der Waals surface area contributed by atoms with Gasteiger partial charge >= 0.3 is 0 Å². The van der Waals surface area contributed by atoms with Gasteiger partial charge in [0, 0.05) is 11.1 Å². The summed E-state index contributed by atoms with van der Waals surface area (Å²) in [6.07, 6.45) is 0.915. The molecule has 0 amide bonds. The number of rotatable bonds is 5. The van der Waals surface area contributed by atoms with Crippen LogP contribution < -0.4 is 4.74 Å². The lowest BCUT2D eigenvalue weighted by Crippen LogP contribution is -2.03. The summed E-state index contributed by atoms with van der Waals surface area (Å²) in [5, 5.41) is 4.06. The van der Waals surface area contributed by atoms with Crippen LogP contribution >= 0.6 is 0 Å². The molecule has 0 aliphatic heterocycles. The minimum Gasteiger partial charge on any atom is -0.496 e. The standard InChI is InChI=1S/C13H19NO2/c1-5-11-12(10(3)14-16-6-2)8-7-9-13(11)15-4/h7-9H,5-6H2,1-4H3/b14-10+. The van der Waals surface area contributed by atoms with Gasteiger partial charge < -0.3 is 9.57 Å². The molecular formula is C13H19NO2. The van der Waals surface area contributed by atoms with Crippen LogP contribution in [0.2, 0.25) is 0 Å². The molecule has 0 radical (unpaired) electrons. The topological polar surface area (TPSA) is 30.8 Å². The van der Waals surface area contributed by atoms with E-state index in [0.717, 1.165) is 23.4 Å². The van der Waals surface area contributed by atoms with E-state index in [-0.39, 0.29) is 0 Å². The van der Waals surface area contributed by atoms with Gasteiger partial charge in [-0.3, -0.25) is 0 Å². The van der Waals surface area contributed by atoms with Crippen LogP contribution in [0.25, 0.3) is 0 Å². The van der Waals surface area contributed by atoms with Crippen LogP contribution in [-0.2, 0) is 11.3 Å². The zero-order valence-electron chi connectivity index (χ0n) is 10.4.